The number of aliphatic hydroxyl groups is 1. The van der Waals surface area contributed by atoms with Crippen molar-refractivity contribution in [2.75, 3.05) is 7.05 Å². The Kier molecular flexibility index (Phi) is 2.87. The first kappa shape index (κ1) is 12.1. The Labute approximate surface area is 107 Å². The summed E-state index contributed by atoms with van der Waals surface area (Å²) in [6.45, 7) is 0. The first-order valence-corrected chi connectivity index (χ1v) is 6.65. The van der Waals surface area contributed by atoms with Crippen LogP contribution in [-0.2, 0) is 5.60 Å². The Morgan fingerprint density at radius 2 is 2.00 bits per heavy atom. The van der Waals surface area contributed by atoms with Gasteiger partial charge >= 0.3 is 0 Å². The van der Waals surface area contributed by atoms with Crippen molar-refractivity contribution in [2.24, 2.45) is 0 Å². The molecule has 2 aliphatic rings. The largest absolute Gasteiger partial charge is 0.383 e. The topological polar surface area (TPSA) is 36.4 Å². The van der Waals surface area contributed by atoms with Crippen LogP contribution in [0, 0.1) is 5.82 Å². The van der Waals surface area contributed by atoms with Crippen LogP contribution in [0.25, 0.3) is 0 Å². The zero-order valence-corrected chi connectivity index (χ0v) is 10.6. The van der Waals surface area contributed by atoms with Gasteiger partial charge in [0.1, 0.15) is 11.4 Å². The zero-order valence-electron chi connectivity index (χ0n) is 10.6. The Bertz CT molecular complexity index is 420. The van der Waals surface area contributed by atoms with Gasteiger partial charge in [0.15, 0.2) is 0 Å². The van der Waals surface area contributed by atoms with Crippen LogP contribution in [0.3, 0.4) is 0 Å². The van der Waals surface area contributed by atoms with Crippen LogP contribution in [0.15, 0.2) is 18.3 Å². The van der Waals surface area contributed by atoms with Gasteiger partial charge in [-0.1, -0.05) is 6.42 Å². The lowest BCUT2D eigenvalue weighted by atomic mass is 9.74. The minimum atomic E-state index is -0.879. The summed E-state index contributed by atoms with van der Waals surface area (Å²) in [6, 6.07) is 3.86. The summed E-state index contributed by atoms with van der Waals surface area (Å²) < 4.78 is 12.9. The second kappa shape index (κ2) is 4.28. The van der Waals surface area contributed by atoms with Crippen molar-refractivity contribution in [3.05, 3.63) is 29.8 Å². The molecule has 1 aromatic rings. The van der Waals surface area contributed by atoms with Crippen molar-refractivity contribution in [2.45, 2.75) is 49.8 Å². The molecule has 3 heterocycles. The first-order chi connectivity index (χ1) is 8.58. The highest BCUT2D eigenvalue weighted by Gasteiger charge is 2.45. The number of fused-ring (bicyclic) bond motifs is 2. The average Bonchev–Trinajstić information content (AvgIpc) is 2.32. The zero-order chi connectivity index (χ0) is 12.8. The van der Waals surface area contributed by atoms with E-state index in [1.54, 1.807) is 6.07 Å². The average molecular weight is 250 g/mol. The molecule has 2 atom stereocenters. The molecular formula is C14H19FN2O. The van der Waals surface area contributed by atoms with E-state index in [2.05, 4.69) is 16.9 Å². The van der Waals surface area contributed by atoms with Crippen LogP contribution in [0.4, 0.5) is 4.39 Å². The monoisotopic (exact) mass is 250 g/mol. The SMILES string of the molecule is CN1C2CCCC1CC(O)(c1ccc(F)cn1)C2. The lowest BCUT2D eigenvalue weighted by Gasteiger charge is -2.50. The van der Waals surface area contributed by atoms with Gasteiger partial charge in [0.25, 0.3) is 0 Å². The second-order valence-corrected chi connectivity index (χ2v) is 5.71. The van der Waals surface area contributed by atoms with Gasteiger partial charge < -0.3 is 10.0 Å². The standard InChI is InChI=1S/C14H19FN2O/c1-17-11-3-2-4-12(17)8-14(18,7-11)13-6-5-10(15)9-16-13/h5-6,9,11-12,18H,2-4,7-8H2,1H3. The molecule has 0 amide bonds. The molecule has 18 heavy (non-hydrogen) atoms. The summed E-state index contributed by atoms with van der Waals surface area (Å²) >= 11 is 0. The van der Waals surface area contributed by atoms with Gasteiger partial charge in [-0.2, -0.15) is 0 Å². The Hall–Kier alpha value is -1.00. The fourth-order valence-corrected chi connectivity index (χ4v) is 3.51. The van der Waals surface area contributed by atoms with E-state index in [9.17, 15) is 9.50 Å². The van der Waals surface area contributed by atoms with Crippen LogP contribution in [0.5, 0.6) is 0 Å². The van der Waals surface area contributed by atoms with Crippen molar-refractivity contribution in [3.8, 4) is 0 Å². The van der Waals surface area contributed by atoms with Crippen LogP contribution in [0.2, 0.25) is 0 Å². The third kappa shape index (κ3) is 1.93. The molecule has 98 valence electrons. The Morgan fingerprint density at radius 1 is 1.33 bits per heavy atom. The number of halogens is 1. The van der Waals surface area contributed by atoms with Gasteiger partial charge in [-0.3, -0.25) is 4.98 Å². The van der Waals surface area contributed by atoms with Crippen molar-refractivity contribution in [1.29, 1.82) is 0 Å². The molecule has 2 fully saturated rings. The lowest BCUT2D eigenvalue weighted by molar-refractivity contribution is -0.0899. The minimum absolute atomic E-state index is 0.351. The lowest BCUT2D eigenvalue weighted by Crippen LogP contribution is -2.55. The maximum absolute atomic E-state index is 12.9. The third-order valence-corrected chi connectivity index (χ3v) is 4.58. The predicted molar refractivity (Wildman–Crippen MR) is 66.5 cm³/mol. The normalized spacial score (nSPS) is 36.6. The molecule has 2 bridgehead atoms. The van der Waals surface area contributed by atoms with Crippen LogP contribution >= 0.6 is 0 Å². The maximum atomic E-state index is 12.9. The summed E-state index contributed by atoms with van der Waals surface area (Å²) in [7, 11) is 2.15. The highest BCUT2D eigenvalue weighted by Crippen LogP contribution is 2.42. The molecule has 0 radical (unpaired) electrons. The number of rotatable bonds is 1. The fraction of sp³-hybridized carbons (Fsp3) is 0.643. The summed E-state index contributed by atoms with van der Waals surface area (Å²) in [4.78, 5) is 6.47. The van der Waals surface area contributed by atoms with Crippen molar-refractivity contribution in [3.63, 3.8) is 0 Å². The van der Waals surface area contributed by atoms with E-state index in [-0.39, 0.29) is 5.82 Å². The van der Waals surface area contributed by atoms with Crippen molar-refractivity contribution in [1.82, 2.24) is 9.88 Å². The number of nitrogens with zero attached hydrogens (tertiary/aromatic N) is 2. The molecular weight excluding hydrogens is 231 g/mol. The van der Waals surface area contributed by atoms with Gasteiger partial charge in [0, 0.05) is 12.1 Å². The number of piperidine rings is 2. The maximum Gasteiger partial charge on any atom is 0.141 e. The third-order valence-electron chi connectivity index (χ3n) is 4.58. The minimum Gasteiger partial charge on any atom is -0.383 e. The van der Waals surface area contributed by atoms with Gasteiger partial charge in [-0.15, -0.1) is 0 Å². The van der Waals surface area contributed by atoms with E-state index in [4.69, 9.17) is 0 Å². The summed E-state index contributed by atoms with van der Waals surface area (Å²) in [6.07, 6.45) is 6.12. The summed E-state index contributed by atoms with van der Waals surface area (Å²) in [5.41, 5.74) is -0.260. The molecule has 2 saturated heterocycles. The highest BCUT2D eigenvalue weighted by atomic mass is 19.1. The number of hydrogen-bond donors (Lipinski definition) is 1. The number of pyridine rings is 1. The smallest absolute Gasteiger partial charge is 0.141 e. The molecule has 0 spiro atoms. The number of aromatic nitrogens is 1. The highest BCUT2D eigenvalue weighted by molar-refractivity contribution is 5.17. The molecule has 2 aliphatic heterocycles. The van der Waals surface area contributed by atoms with Gasteiger partial charge in [0.05, 0.1) is 11.9 Å². The van der Waals surface area contributed by atoms with Gasteiger partial charge in [0.2, 0.25) is 0 Å². The summed E-state index contributed by atoms with van der Waals surface area (Å²) in [5, 5.41) is 10.8. The van der Waals surface area contributed by atoms with Gasteiger partial charge in [-0.25, -0.2) is 4.39 Å². The number of hydrogen-bond acceptors (Lipinski definition) is 3. The molecule has 1 N–H and O–H groups in total. The van der Waals surface area contributed by atoms with Crippen molar-refractivity contribution >= 4 is 0 Å². The molecule has 3 rings (SSSR count). The van der Waals surface area contributed by atoms with E-state index in [0.717, 1.165) is 12.8 Å². The van der Waals surface area contributed by atoms with Crippen LogP contribution < -0.4 is 0 Å². The Balaban J connectivity index is 1.89. The molecule has 0 saturated carbocycles. The molecule has 0 aromatic carbocycles. The van der Waals surface area contributed by atoms with E-state index < -0.39 is 5.60 Å². The van der Waals surface area contributed by atoms with E-state index in [1.165, 1.54) is 18.7 Å². The predicted octanol–water partition coefficient (Wildman–Crippen LogP) is 2.05. The summed E-state index contributed by atoms with van der Waals surface area (Å²) in [5.74, 6) is -0.351. The van der Waals surface area contributed by atoms with E-state index in [0.29, 0.717) is 30.6 Å². The second-order valence-electron chi connectivity index (χ2n) is 5.71. The van der Waals surface area contributed by atoms with E-state index in [1.807, 2.05) is 0 Å². The molecule has 0 aliphatic carbocycles. The van der Waals surface area contributed by atoms with Gasteiger partial charge in [-0.05, 0) is 44.9 Å². The fourth-order valence-electron chi connectivity index (χ4n) is 3.51. The quantitative estimate of drug-likeness (QED) is 0.828. The van der Waals surface area contributed by atoms with Crippen LogP contribution in [0.1, 0.15) is 37.8 Å². The molecule has 4 heteroatoms. The molecule has 2 unspecified atom stereocenters. The molecule has 3 nitrogen and oxygen atoms in total. The Morgan fingerprint density at radius 3 is 2.56 bits per heavy atom. The molecule has 1 aromatic heterocycles. The van der Waals surface area contributed by atoms with Crippen molar-refractivity contribution < 1.29 is 9.50 Å². The first-order valence-electron chi connectivity index (χ1n) is 6.65. The van der Waals surface area contributed by atoms with Crippen LogP contribution in [-0.4, -0.2) is 34.1 Å². The van der Waals surface area contributed by atoms with E-state index >= 15 is 0 Å².